The number of anilines is 2. The molecule has 1 heterocycles. The quantitative estimate of drug-likeness (QED) is 0.787. The molecule has 3 heteroatoms. The fourth-order valence-electron chi connectivity index (χ4n) is 2.41. The second-order valence-electron chi connectivity index (χ2n) is 4.51. The summed E-state index contributed by atoms with van der Waals surface area (Å²) in [7, 11) is 0. The van der Waals surface area contributed by atoms with Crippen molar-refractivity contribution in [3.05, 3.63) is 60.7 Å². The number of esters is 1. The number of carbonyl (C=O) groups is 1. The highest BCUT2D eigenvalue weighted by molar-refractivity contribution is 5.85. The van der Waals surface area contributed by atoms with Crippen LogP contribution in [0.15, 0.2) is 60.7 Å². The standard InChI is InChI=1S/C16H15NO2/c18-16-15(11-12-19-16)17(13-7-3-1-4-8-13)14-9-5-2-6-10-14/h1-10,15H,11-12H2. The molecule has 96 valence electrons. The van der Waals surface area contributed by atoms with Gasteiger partial charge in [-0.3, -0.25) is 0 Å². The van der Waals surface area contributed by atoms with Crippen LogP contribution in [0, 0.1) is 0 Å². The number of cyclic esters (lactones) is 1. The van der Waals surface area contributed by atoms with Gasteiger partial charge in [0.15, 0.2) is 0 Å². The summed E-state index contributed by atoms with van der Waals surface area (Å²) in [6.45, 7) is 0.500. The number of carbonyl (C=O) groups excluding carboxylic acids is 1. The maximum Gasteiger partial charge on any atom is 0.329 e. The van der Waals surface area contributed by atoms with E-state index in [1.54, 1.807) is 0 Å². The summed E-state index contributed by atoms with van der Waals surface area (Å²) in [5.74, 6) is -0.146. The molecular weight excluding hydrogens is 238 g/mol. The predicted octanol–water partition coefficient (Wildman–Crippen LogP) is 3.14. The molecular formula is C16H15NO2. The van der Waals surface area contributed by atoms with Gasteiger partial charge in [-0.25, -0.2) is 4.79 Å². The Morgan fingerprint density at radius 1 is 0.895 bits per heavy atom. The van der Waals surface area contributed by atoms with Crippen molar-refractivity contribution in [3.8, 4) is 0 Å². The molecule has 3 nitrogen and oxygen atoms in total. The molecule has 3 rings (SSSR count). The van der Waals surface area contributed by atoms with Crippen LogP contribution in [0.25, 0.3) is 0 Å². The van der Waals surface area contributed by atoms with Gasteiger partial charge in [-0.2, -0.15) is 0 Å². The fourth-order valence-corrected chi connectivity index (χ4v) is 2.41. The van der Waals surface area contributed by atoms with Crippen LogP contribution in [0.3, 0.4) is 0 Å². The van der Waals surface area contributed by atoms with Crippen molar-refractivity contribution in [3.63, 3.8) is 0 Å². The number of hydrogen-bond donors (Lipinski definition) is 0. The number of ether oxygens (including phenoxy) is 1. The smallest absolute Gasteiger partial charge is 0.329 e. The average Bonchev–Trinajstić information content (AvgIpc) is 2.88. The number of para-hydroxylation sites is 2. The van der Waals surface area contributed by atoms with Gasteiger partial charge < -0.3 is 9.64 Å². The highest BCUT2D eigenvalue weighted by atomic mass is 16.5. The molecule has 1 aliphatic heterocycles. The van der Waals surface area contributed by atoms with Crippen molar-refractivity contribution >= 4 is 17.3 Å². The van der Waals surface area contributed by atoms with E-state index in [4.69, 9.17) is 4.74 Å². The third-order valence-electron chi connectivity index (χ3n) is 3.29. The molecule has 19 heavy (non-hydrogen) atoms. The van der Waals surface area contributed by atoms with Gasteiger partial charge in [0.05, 0.1) is 6.61 Å². The summed E-state index contributed by atoms with van der Waals surface area (Å²) in [6.07, 6.45) is 0.725. The van der Waals surface area contributed by atoms with Crippen molar-refractivity contribution in [2.45, 2.75) is 12.5 Å². The van der Waals surface area contributed by atoms with E-state index in [-0.39, 0.29) is 12.0 Å². The zero-order valence-electron chi connectivity index (χ0n) is 10.5. The maximum absolute atomic E-state index is 11.9. The third kappa shape index (κ3) is 2.32. The van der Waals surface area contributed by atoms with Crippen molar-refractivity contribution in [1.82, 2.24) is 0 Å². The average molecular weight is 253 g/mol. The van der Waals surface area contributed by atoms with Gasteiger partial charge in [-0.1, -0.05) is 36.4 Å². The molecule has 0 N–H and O–H groups in total. The third-order valence-corrected chi connectivity index (χ3v) is 3.29. The topological polar surface area (TPSA) is 29.5 Å². The minimum Gasteiger partial charge on any atom is -0.464 e. The van der Waals surface area contributed by atoms with Crippen molar-refractivity contribution in [2.24, 2.45) is 0 Å². The molecule has 0 saturated carbocycles. The molecule has 1 saturated heterocycles. The summed E-state index contributed by atoms with van der Waals surface area (Å²) in [5.41, 5.74) is 2.02. The molecule has 0 radical (unpaired) electrons. The Hall–Kier alpha value is -2.29. The Morgan fingerprint density at radius 2 is 1.42 bits per heavy atom. The second-order valence-corrected chi connectivity index (χ2v) is 4.51. The van der Waals surface area contributed by atoms with E-state index in [2.05, 4.69) is 4.90 Å². The number of rotatable bonds is 3. The molecule has 0 aliphatic carbocycles. The second kappa shape index (κ2) is 5.14. The zero-order valence-corrected chi connectivity index (χ0v) is 10.5. The lowest BCUT2D eigenvalue weighted by atomic mass is 10.1. The first-order chi connectivity index (χ1) is 9.36. The summed E-state index contributed by atoms with van der Waals surface area (Å²) < 4.78 is 5.11. The van der Waals surface area contributed by atoms with Crippen LogP contribution in [-0.4, -0.2) is 18.6 Å². The summed E-state index contributed by atoms with van der Waals surface area (Å²) >= 11 is 0. The van der Waals surface area contributed by atoms with E-state index >= 15 is 0 Å². The van der Waals surface area contributed by atoms with Gasteiger partial charge in [-0.05, 0) is 24.3 Å². The summed E-state index contributed by atoms with van der Waals surface area (Å²) in [5, 5.41) is 0. The van der Waals surface area contributed by atoms with Gasteiger partial charge in [-0.15, -0.1) is 0 Å². The fraction of sp³-hybridized carbons (Fsp3) is 0.188. The van der Waals surface area contributed by atoms with Crippen LogP contribution < -0.4 is 4.90 Å². The maximum atomic E-state index is 11.9. The zero-order chi connectivity index (χ0) is 13.1. The Bertz CT molecular complexity index is 514. The molecule has 1 fully saturated rings. The monoisotopic (exact) mass is 253 g/mol. The van der Waals surface area contributed by atoms with Crippen LogP contribution in [-0.2, 0) is 9.53 Å². The first-order valence-electron chi connectivity index (χ1n) is 6.42. The highest BCUT2D eigenvalue weighted by Crippen LogP contribution is 2.30. The Kier molecular flexibility index (Phi) is 3.19. The van der Waals surface area contributed by atoms with E-state index < -0.39 is 0 Å². The molecule has 0 spiro atoms. The van der Waals surface area contributed by atoms with Gasteiger partial charge in [0, 0.05) is 17.8 Å². The summed E-state index contributed by atoms with van der Waals surface area (Å²) in [6, 6.07) is 19.7. The van der Waals surface area contributed by atoms with E-state index in [1.807, 2.05) is 60.7 Å². The molecule has 1 atom stereocenters. The molecule has 1 aliphatic rings. The van der Waals surface area contributed by atoms with E-state index in [0.29, 0.717) is 6.61 Å². The van der Waals surface area contributed by atoms with Crippen LogP contribution in [0.4, 0.5) is 11.4 Å². The SMILES string of the molecule is O=C1OCCC1N(c1ccccc1)c1ccccc1. The number of nitrogens with zero attached hydrogens (tertiary/aromatic N) is 1. The lowest BCUT2D eigenvalue weighted by Crippen LogP contribution is -2.34. The van der Waals surface area contributed by atoms with Gasteiger partial charge >= 0.3 is 5.97 Å². The lowest BCUT2D eigenvalue weighted by Gasteiger charge is -2.28. The van der Waals surface area contributed by atoms with Crippen molar-refractivity contribution in [1.29, 1.82) is 0 Å². The minimum absolute atomic E-state index is 0.146. The van der Waals surface area contributed by atoms with Gasteiger partial charge in [0.25, 0.3) is 0 Å². The first kappa shape index (κ1) is 11.8. The van der Waals surface area contributed by atoms with Crippen LogP contribution >= 0.6 is 0 Å². The highest BCUT2D eigenvalue weighted by Gasteiger charge is 2.33. The normalized spacial score (nSPS) is 18.1. The molecule has 0 aromatic heterocycles. The van der Waals surface area contributed by atoms with Crippen LogP contribution in [0.5, 0.6) is 0 Å². The van der Waals surface area contributed by atoms with E-state index in [9.17, 15) is 4.79 Å². The number of benzene rings is 2. The van der Waals surface area contributed by atoms with Gasteiger partial charge in [0.2, 0.25) is 0 Å². The van der Waals surface area contributed by atoms with Crippen molar-refractivity contribution in [2.75, 3.05) is 11.5 Å². The van der Waals surface area contributed by atoms with E-state index in [0.717, 1.165) is 17.8 Å². The number of hydrogen-bond acceptors (Lipinski definition) is 3. The Balaban J connectivity index is 2.03. The van der Waals surface area contributed by atoms with Crippen LogP contribution in [0.1, 0.15) is 6.42 Å². The lowest BCUT2D eigenvalue weighted by molar-refractivity contribution is -0.138. The molecule has 0 bridgehead atoms. The first-order valence-corrected chi connectivity index (χ1v) is 6.42. The van der Waals surface area contributed by atoms with E-state index in [1.165, 1.54) is 0 Å². The Labute approximate surface area is 112 Å². The van der Waals surface area contributed by atoms with Crippen LogP contribution in [0.2, 0.25) is 0 Å². The van der Waals surface area contributed by atoms with Crippen molar-refractivity contribution < 1.29 is 9.53 Å². The largest absolute Gasteiger partial charge is 0.464 e. The molecule has 2 aromatic rings. The Morgan fingerprint density at radius 3 is 1.84 bits per heavy atom. The van der Waals surface area contributed by atoms with Gasteiger partial charge in [0.1, 0.15) is 6.04 Å². The molecule has 1 unspecified atom stereocenters. The summed E-state index contributed by atoms with van der Waals surface area (Å²) in [4.78, 5) is 13.9. The predicted molar refractivity (Wildman–Crippen MR) is 74.4 cm³/mol. The minimum atomic E-state index is -0.232. The molecule has 2 aromatic carbocycles. The molecule has 0 amide bonds.